The van der Waals surface area contributed by atoms with Crippen LogP contribution >= 0.6 is 0 Å². The Labute approximate surface area is 156 Å². The lowest BCUT2D eigenvalue weighted by Gasteiger charge is -2.07. The fourth-order valence-electron chi connectivity index (χ4n) is 1.50. The summed E-state index contributed by atoms with van der Waals surface area (Å²) in [6.07, 6.45) is 2.74. The van der Waals surface area contributed by atoms with Gasteiger partial charge in [-0.2, -0.15) is 0 Å². The zero-order valence-corrected chi connectivity index (χ0v) is 15.1. The largest absolute Gasteiger partial charge is 0.463 e. The molecule has 0 saturated heterocycles. The van der Waals surface area contributed by atoms with Gasteiger partial charge < -0.3 is 23.7 Å². The summed E-state index contributed by atoms with van der Waals surface area (Å²) < 4.78 is 25.3. The van der Waals surface area contributed by atoms with Crippen molar-refractivity contribution in [2.45, 2.75) is 12.8 Å². The Balaban J connectivity index is 3.22. The number of nitrogens with zero attached hydrogens (tertiary/aromatic N) is 2. The van der Waals surface area contributed by atoms with E-state index in [-0.39, 0.29) is 52.4 Å². The van der Waals surface area contributed by atoms with Gasteiger partial charge in [0.25, 0.3) is 0 Å². The first-order valence-corrected chi connectivity index (χ1v) is 8.32. The van der Waals surface area contributed by atoms with E-state index in [0.29, 0.717) is 26.4 Å². The van der Waals surface area contributed by atoms with Crippen molar-refractivity contribution >= 4 is 24.1 Å². The molecular weight excluding hydrogens is 364 g/mol. The standard InChI is InChI=1S/C16H24N2O9/c19-13-17-3-1-15(21)26-11-9-24-7-5-23-6-8-25-10-12-27-16(22)2-4-18-14-20/h1-12H2. The van der Waals surface area contributed by atoms with E-state index in [4.69, 9.17) is 23.7 Å². The van der Waals surface area contributed by atoms with Gasteiger partial charge in [0.1, 0.15) is 13.2 Å². The molecule has 0 fully saturated rings. The van der Waals surface area contributed by atoms with Gasteiger partial charge in [0.2, 0.25) is 12.2 Å². The van der Waals surface area contributed by atoms with Crippen molar-refractivity contribution in [2.75, 3.05) is 65.9 Å². The number of isocyanates is 2. The van der Waals surface area contributed by atoms with Crippen LogP contribution in [0.15, 0.2) is 9.98 Å². The van der Waals surface area contributed by atoms with E-state index in [2.05, 4.69) is 9.98 Å². The molecule has 152 valence electrons. The summed E-state index contributed by atoms with van der Waals surface area (Å²) in [5, 5.41) is 0. The van der Waals surface area contributed by atoms with Crippen LogP contribution in [0.3, 0.4) is 0 Å². The lowest BCUT2D eigenvalue weighted by molar-refractivity contribution is -0.145. The van der Waals surface area contributed by atoms with E-state index in [9.17, 15) is 19.2 Å². The van der Waals surface area contributed by atoms with Crippen LogP contribution in [0, 0.1) is 0 Å². The highest BCUT2D eigenvalue weighted by molar-refractivity contribution is 5.70. The topological polar surface area (TPSA) is 139 Å². The number of carbonyl (C=O) groups is 2. The summed E-state index contributed by atoms with van der Waals surface area (Å²) in [5.74, 6) is -0.905. The number of rotatable bonds is 18. The second kappa shape index (κ2) is 19.9. The maximum absolute atomic E-state index is 11.1. The minimum atomic E-state index is -0.453. The molecule has 11 nitrogen and oxygen atoms in total. The van der Waals surface area contributed by atoms with Crippen molar-refractivity contribution in [3.05, 3.63) is 0 Å². The summed E-state index contributed by atoms with van der Waals surface area (Å²) in [5.41, 5.74) is 0. The van der Waals surface area contributed by atoms with E-state index in [1.807, 2.05) is 0 Å². The SMILES string of the molecule is O=C=NCCC(=O)OCCOCCOCCOCCOC(=O)CCN=C=O. The number of aliphatic imine (C=N–C) groups is 2. The van der Waals surface area contributed by atoms with Gasteiger partial charge in [-0.1, -0.05) is 0 Å². The van der Waals surface area contributed by atoms with E-state index >= 15 is 0 Å². The molecule has 0 amide bonds. The molecule has 0 rings (SSSR count). The predicted octanol–water partition coefficient (Wildman–Crippen LogP) is -0.426. The zero-order valence-electron chi connectivity index (χ0n) is 15.1. The normalized spacial score (nSPS) is 9.78. The summed E-state index contributed by atoms with van der Waals surface area (Å²) >= 11 is 0. The van der Waals surface area contributed by atoms with Crippen LogP contribution in [0.2, 0.25) is 0 Å². The number of hydrogen-bond acceptors (Lipinski definition) is 11. The predicted molar refractivity (Wildman–Crippen MR) is 89.6 cm³/mol. The lowest BCUT2D eigenvalue weighted by atomic mass is 10.4. The van der Waals surface area contributed by atoms with Crippen LogP contribution in [-0.4, -0.2) is 90.0 Å². The minimum Gasteiger partial charge on any atom is -0.463 e. The first-order chi connectivity index (χ1) is 13.2. The van der Waals surface area contributed by atoms with Gasteiger partial charge in [-0.15, -0.1) is 0 Å². The highest BCUT2D eigenvalue weighted by atomic mass is 16.6. The highest BCUT2D eigenvalue weighted by Crippen LogP contribution is 1.89. The van der Waals surface area contributed by atoms with Crippen LogP contribution in [0.4, 0.5) is 0 Å². The molecule has 0 bridgehead atoms. The smallest absolute Gasteiger partial charge is 0.307 e. The molecule has 0 aliphatic heterocycles. The van der Waals surface area contributed by atoms with Gasteiger partial charge in [-0.05, 0) is 0 Å². The van der Waals surface area contributed by atoms with Crippen molar-refractivity contribution in [3.63, 3.8) is 0 Å². The molecule has 27 heavy (non-hydrogen) atoms. The van der Waals surface area contributed by atoms with Gasteiger partial charge in [0.05, 0.1) is 65.6 Å². The summed E-state index contributed by atoms with van der Waals surface area (Å²) in [4.78, 5) is 48.4. The van der Waals surface area contributed by atoms with Gasteiger partial charge in [0, 0.05) is 0 Å². The van der Waals surface area contributed by atoms with Crippen LogP contribution in [-0.2, 0) is 42.9 Å². The average molecular weight is 388 g/mol. The second-order valence-electron chi connectivity index (χ2n) is 4.72. The summed E-state index contributed by atoms with van der Waals surface area (Å²) in [6.45, 7) is 2.25. The van der Waals surface area contributed by atoms with E-state index in [0.717, 1.165) is 0 Å². The van der Waals surface area contributed by atoms with Crippen molar-refractivity contribution < 1.29 is 42.9 Å². The summed E-state index contributed by atoms with van der Waals surface area (Å²) in [7, 11) is 0. The number of ether oxygens (including phenoxy) is 5. The Kier molecular flexibility index (Phi) is 18.1. The second-order valence-corrected chi connectivity index (χ2v) is 4.72. The molecule has 0 spiro atoms. The van der Waals surface area contributed by atoms with Crippen LogP contribution in [0.25, 0.3) is 0 Å². The monoisotopic (exact) mass is 388 g/mol. The van der Waals surface area contributed by atoms with Crippen molar-refractivity contribution in [1.29, 1.82) is 0 Å². The minimum absolute atomic E-state index is 0.0340. The average Bonchev–Trinajstić information content (AvgIpc) is 2.66. The van der Waals surface area contributed by atoms with Gasteiger partial charge in [-0.3, -0.25) is 9.59 Å². The molecule has 0 saturated carbocycles. The third kappa shape index (κ3) is 19.7. The quantitative estimate of drug-likeness (QED) is 0.132. The number of hydrogen-bond donors (Lipinski definition) is 0. The Morgan fingerprint density at radius 1 is 0.593 bits per heavy atom. The van der Waals surface area contributed by atoms with Crippen LogP contribution in [0.1, 0.15) is 12.8 Å². The Bertz CT molecular complexity index is 456. The van der Waals surface area contributed by atoms with Gasteiger partial charge in [-0.25, -0.2) is 19.6 Å². The van der Waals surface area contributed by atoms with Crippen LogP contribution in [0.5, 0.6) is 0 Å². The Morgan fingerprint density at radius 3 is 1.26 bits per heavy atom. The first-order valence-electron chi connectivity index (χ1n) is 8.32. The third-order valence-corrected chi connectivity index (χ3v) is 2.71. The number of carbonyl (C=O) groups excluding carboxylic acids is 4. The lowest BCUT2D eigenvalue weighted by Crippen LogP contribution is -2.15. The van der Waals surface area contributed by atoms with Crippen LogP contribution < -0.4 is 0 Å². The Hall–Kier alpha value is -2.42. The molecule has 0 aromatic rings. The molecule has 11 heteroatoms. The molecule has 0 aliphatic rings. The van der Waals surface area contributed by atoms with E-state index in [1.54, 1.807) is 0 Å². The van der Waals surface area contributed by atoms with Crippen molar-refractivity contribution in [1.82, 2.24) is 0 Å². The zero-order chi connectivity index (χ0) is 20.0. The van der Waals surface area contributed by atoms with Crippen molar-refractivity contribution in [3.8, 4) is 0 Å². The van der Waals surface area contributed by atoms with Crippen molar-refractivity contribution in [2.24, 2.45) is 9.98 Å². The molecule has 0 radical (unpaired) electrons. The number of esters is 2. The summed E-state index contributed by atoms with van der Waals surface area (Å²) in [6, 6.07) is 0. The third-order valence-electron chi connectivity index (χ3n) is 2.71. The first kappa shape index (κ1) is 24.6. The van der Waals surface area contributed by atoms with Gasteiger partial charge >= 0.3 is 11.9 Å². The molecule has 0 heterocycles. The fraction of sp³-hybridized carbons (Fsp3) is 0.750. The maximum Gasteiger partial charge on any atom is 0.307 e. The van der Waals surface area contributed by atoms with E-state index in [1.165, 1.54) is 12.2 Å². The fourth-order valence-corrected chi connectivity index (χ4v) is 1.50. The molecule has 0 aromatic carbocycles. The van der Waals surface area contributed by atoms with E-state index < -0.39 is 11.9 Å². The molecule has 0 atom stereocenters. The van der Waals surface area contributed by atoms with Gasteiger partial charge in [0.15, 0.2) is 0 Å². The molecular formula is C16H24N2O9. The maximum atomic E-state index is 11.1. The molecule has 0 aliphatic carbocycles. The Morgan fingerprint density at radius 2 is 0.926 bits per heavy atom. The highest BCUT2D eigenvalue weighted by Gasteiger charge is 2.02. The molecule has 0 aromatic heterocycles. The molecule has 0 unspecified atom stereocenters. The molecule has 0 N–H and O–H groups in total.